The molecular formula is C29H36FN9O. The second-order valence-electron chi connectivity index (χ2n) is 11.0. The van der Waals surface area contributed by atoms with Crippen molar-refractivity contribution in [2.45, 2.75) is 37.8 Å². The van der Waals surface area contributed by atoms with Gasteiger partial charge >= 0.3 is 0 Å². The minimum absolute atomic E-state index is 0.0105. The van der Waals surface area contributed by atoms with Crippen LogP contribution in [0.15, 0.2) is 42.7 Å². The third-order valence-electron chi connectivity index (χ3n) is 8.07. The maximum Gasteiger partial charge on any atom is 0.271 e. The van der Waals surface area contributed by atoms with Crippen LogP contribution in [0.4, 0.5) is 27.4 Å². The van der Waals surface area contributed by atoms with E-state index in [9.17, 15) is 4.79 Å². The van der Waals surface area contributed by atoms with Crippen LogP contribution in [-0.4, -0.2) is 89.1 Å². The van der Waals surface area contributed by atoms with Gasteiger partial charge in [-0.25, -0.2) is 14.4 Å². The number of rotatable bonds is 8. The first-order chi connectivity index (χ1) is 19.4. The number of benzene rings is 1. The van der Waals surface area contributed by atoms with Crippen molar-refractivity contribution in [2.24, 2.45) is 5.73 Å². The van der Waals surface area contributed by atoms with Crippen LogP contribution in [0.3, 0.4) is 0 Å². The van der Waals surface area contributed by atoms with Crippen LogP contribution < -0.4 is 21.3 Å². The fourth-order valence-corrected chi connectivity index (χ4v) is 5.56. The average molecular weight is 546 g/mol. The van der Waals surface area contributed by atoms with Crippen molar-refractivity contribution in [2.75, 3.05) is 61.8 Å². The molecule has 2 aromatic heterocycles. The summed E-state index contributed by atoms with van der Waals surface area (Å²) in [6.45, 7) is 6.07. The molecule has 2 aliphatic heterocycles. The molecule has 1 aromatic carbocycles. The molecule has 1 aliphatic carbocycles. The first-order valence-electron chi connectivity index (χ1n) is 14.1. The number of nitrogens with zero attached hydrogens (tertiary/aromatic N) is 6. The molecule has 2 saturated heterocycles. The summed E-state index contributed by atoms with van der Waals surface area (Å²) in [7, 11) is 2.17. The van der Waals surface area contributed by atoms with E-state index < -0.39 is 5.91 Å². The van der Waals surface area contributed by atoms with Gasteiger partial charge in [-0.2, -0.15) is 0 Å². The van der Waals surface area contributed by atoms with Gasteiger partial charge in [0.25, 0.3) is 5.91 Å². The van der Waals surface area contributed by atoms with Crippen LogP contribution in [0.1, 0.15) is 36.2 Å². The van der Waals surface area contributed by atoms with Crippen molar-refractivity contribution in [3.63, 3.8) is 0 Å². The summed E-state index contributed by atoms with van der Waals surface area (Å²) in [5.74, 6) is -0.305. The summed E-state index contributed by atoms with van der Waals surface area (Å²) in [5.41, 5.74) is 8.05. The molecule has 0 spiro atoms. The van der Waals surface area contributed by atoms with Gasteiger partial charge in [-0.3, -0.25) is 14.7 Å². The zero-order chi connectivity index (χ0) is 27.6. The van der Waals surface area contributed by atoms with E-state index in [0.717, 1.165) is 70.5 Å². The van der Waals surface area contributed by atoms with Gasteiger partial charge in [0.15, 0.2) is 17.3 Å². The molecule has 3 aliphatic rings. The molecule has 1 amide bonds. The number of hydrogen-bond donors (Lipinski definition) is 3. The quantitative estimate of drug-likeness (QED) is 0.392. The van der Waals surface area contributed by atoms with Gasteiger partial charge < -0.3 is 26.2 Å². The fourth-order valence-electron chi connectivity index (χ4n) is 5.56. The molecule has 210 valence electrons. The molecule has 4 N–H and O–H groups in total. The number of nitrogens with one attached hydrogen (secondary N) is 2. The number of likely N-dealkylation sites (N-methyl/N-ethyl adjacent to an activating group) is 1. The van der Waals surface area contributed by atoms with E-state index in [2.05, 4.69) is 42.3 Å². The highest BCUT2D eigenvalue weighted by Crippen LogP contribution is 2.34. The maximum atomic E-state index is 15.4. The van der Waals surface area contributed by atoms with E-state index in [4.69, 9.17) is 10.7 Å². The number of piperazine rings is 1. The van der Waals surface area contributed by atoms with Crippen molar-refractivity contribution >= 4 is 28.9 Å². The second kappa shape index (κ2) is 11.3. The predicted molar refractivity (Wildman–Crippen MR) is 154 cm³/mol. The molecule has 3 aromatic rings. The van der Waals surface area contributed by atoms with Gasteiger partial charge in [0.2, 0.25) is 0 Å². The van der Waals surface area contributed by atoms with Gasteiger partial charge in [-0.15, -0.1) is 0 Å². The minimum atomic E-state index is -0.719. The van der Waals surface area contributed by atoms with E-state index in [1.807, 2.05) is 18.2 Å². The standard InChI is InChI=1S/C29H36FN9O/c1-37-14-16-38(17-15-37)22-8-12-39(13-9-22)24-5-4-21(18-23(24)30)34-29-26(27(31)40)35-25(19-6-10-32-11-7-19)28(36-29)33-20-2-3-20/h4-7,10-11,18,20,22H,2-3,8-9,12-17H2,1H3,(H2,31,40)(H2,33,34,36). The third kappa shape index (κ3) is 5.85. The Hall–Kier alpha value is -3.83. The first kappa shape index (κ1) is 26.4. The molecule has 6 rings (SSSR count). The Balaban J connectivity index is 1.19. The van der Waals surface area contributed by atoms with Crippen LogP contribution in [0.5, 0.6) is 0 Å². The van der Waals surface area contributed by atoms with Gasteiger partial charge in [0.1, 0.15) is 11.5 Å². The molecule has 1 saturated carbocycles. The second-order valence-corrected chi connectivity index (χ2v) is 11.0. The lowest BCUT2D eigenvalue weighted by molar-refractivity contribution is 0.0981. The number of nitrogens with two attached hydrogens (primary N) is 1. The Labute approximate surface area is 233 Å². The topological polar surface area (TPSA) is 116 Å². The van der Waals surface area contributed by atoms with Crippen molar-refractivity contribution in [3.8, 4) is 11.3 Å². The average Bonchev–Trinajstić information content (AvgIpc) is 3.78. The minimum Gasteiger partial charge on any atom is -0.369 e. The normalized spacial score (nSPS) is 19.0. The number of carbonyl (C=O) groups is 1. The molecular weight excluding hydrogens is 509 g/mol. The van der Waals surface area contributed by atoms with Crippen LogP contribution >= 0.6 is 0 Å². The predicted octanol–water partition coefficient (Wildman–Crippen LogP) is 3.31. The summed E-state index contributed by atoms with van der Waals surface area (Å²) in [6, 6.07) is 9.53. The van der Waals surface area contributed by atoms with Crippen LogP contribution in [0.2, 0.25) is 0 Å². The number of carbonyl (C=O) groups excluding carboxylic acids is 1. The molecule has 10 nitrogen and oxygen atoms in total. The Bertz CT molecular complexity index is 1350. The van der Waals surface area contributed by atoms with Crippen LogP contribution in [-0.2, 0) is 0 Å². The zero-order valence-corrected chi connectivity index (χ0v) is 22.8. The highest BCUT2D eigenvalue weighted by atomic mass is 19.1. The van der Waals surface area contributed by atoms with Gasteiger partial charge in [0.05, 0.1) is 5.69 Å². The Morgan fingerprint density at radius 3 is 2.33 bits per heavy atom. The highest BCUT2D eigenvalue weighted by molar-refractivity contribution is 5.97. The Kier molecular flexibility index (Phi) is 7.48. The number of hydrogen-bond acceptors (Lipinski definition) is 9. The van der Waals surface area contributed by atoms with Gasteiger partial charge in [-0.1, -0.05) is 0 Å². The Morgan fingerprint density at radius 1 is 0.950 bits per heavy atom. The number of amides is 1. The number of primary amides is 1. The molecule has 0 radical (unpaired) electrons. The highest BCUT2D eigenvalue weighted by Gasteiger charge is 2.28. The largest absolute Gasteiger partial charge is 0.369 e. The molecule has 0 bridgehead atoms. The van der Waals surface area contributed by atoms with E-state index in [1.165, 1.54) is 6.07 Å². The number of pyridine rings is 1. The third-order valence-corrected chi connectivity index (χ3v) is 8.07. The number of piperidine rings is 1. The van der Waals surface area contributed by atoms with Crippen molar-refractivity contribution in [3.05, 3.63) is 54.2 Å². The lowest BCUT2D eigenvalue weighted by atomic mass is 10.0. The first-order valence-corrected chi connectivity index (χ1v) is 14.1. The summed E-state index contributed by atoms with van der Waals surface area (Å²) >= 11 is 0. The van der Waals surface area contributed by atoms with E-state index >= 15 is 4.39 Å². The smallest absolute Gasteiger partial charge is 0.271 e. The lowest BCUT2D eigenvalue weighted by Gasteiger charge is -2.42. The van der Waals surface area contributed by atoms with Crippen molar-refractivity contribution < 1.29 is 9.18 Å². The SMILES string of the molecule is CN1CCN(C2CCN(c3ccc(Nc4nc(NC5CC5)c(-c5ccncc5)nc4C(N)=O)cc3F)CC2)CC1. The zero-order valence-electron chi connectivity index (χ0n) is 22.8. The van der Waals surface area contributed by atoms with Crippen molar-refractivity contribution in [1.82, 2.24) is 24.8 Å². The fraction of sp³-hybridized carbons (Fsp3) is 0.448. The van der Waals surface area contributed by atoms with Crippen molar-refractivity contribution in [1.29, 1.82) is 0 Å². The van der Waals surface area contributed by atoms with E-state index in [0.29, 0.717) is 35.0 Å². The monoisotopic (exact) mass is 545 g/mol. The van der Waals surface area contributed by atoms with E-state index in [-0.39, 0.29) is 17.3 Å². The molecule has 11 heteroatoms. The van der Waals surface area contributed by atoms with Crippen LogP contribution in [0, 0.1) is 5.82 Å². The molecule has 0 unspecified atom stereocenters. The van der Waals surface area contributed by atoms with Gasteiger partial charge in [0, 0.05) is 75.0 Å². The number of halogens is 1. The van der Waals surface area contributed by atoms with Crippen LogP contribution in [0.25, 0.3) is 11.3 Å². The summed E-state index contributed by atoms with van der Waals surface area (Å²) in [4.78, 5) is 32.8. The maximum absolute atomic E-state index is 15.4. The van der Waals surface area contributed by atoms with E-state index in [1.54, 1.807) is 18.5 Å². The lowest BCUT2D eigenvalue weighted by Crippen LogP contribution is -2.52. The number of anilines is 4. The summed E-state index contributed by atoms with van der Waals surface area (Å²) in [5, 5.41) is 6.49. The number of aromatic nitrogens is 3. The Morgan fingerprint density at radius 2 is 1.68 bits per heavy atom. The summed E-state index contributed by atoms with van der Waals surface area (Å²) in [6.07, 6.45) is 7.46. The molecule has 0 atom stereocenters. The van der Waals surface area contributed by atoms with Gasteiger partial charge in [-0.05, 0) is 63.1 Å². The molecule has 3 fully saturated rings. The molecule has 40 heavy (non-hydrogen) atoms. The molecule has 4 heterocycles. The summed E-state index contributed by atoms with van der Waals surface area (Å²) < 4.78 is 15.4.